The van der Waals surface area contributed by atoms with E-state index in [0.717, 1.165) is 10.4 Å². The van der Waals surface area contributed by atoms with Gasteiger partial charge in [-0.05, 0) is 18.4 Å². The van der Waals surface area contributed by atoms with Crippen LogP contribution in [-0.2, 0) is 11.2 Å². The highest BCUT2D eigenvalue weighted by Crippen LogP contribution is 2.24. The Morgan fingerprint density at radius 3 is 3.06 bits per heavy atom. The molecule has 0 spiro atoms. The molecule has 0 radical (unpaired) electrons. The van der Waals surface area contributed by atoms with E-state index in [-0.39, 0.29) is 12.8 Å². The van der Waals surface area contributed by atoms with Crippen molar-refractivity contribution in [1.29, 1.82) is 0 Å². The van der Waals surface area contributed by atoms with E-state index in [9.17, 15) is 4.79 Å². The molecule has 0 aliphatic rings. The van der Waals surface area contributed by atoms with E-state index in [0.29, 0.717) is 11.7 Å². The van der Waals surface area contributed by atoms with Crippen molar-refractivity contribution in [2.24, 2.45) is 0 Å². The number of thiophene rings is 1. The summed E-state index contributed by atoms with van der Waals surface area (Å²) < 4.78 is 4.97. The van der Waals surface area contributed by atoms with Crippen LogP contribution in [0.15, 0.2) is 16.0 Å². The van der Waals surface area contributed by atoms with Gasteiger partial charge in [0.15, 0.2) is 0 Å². The third-order valence-corrected chi connectivity index (χ3v) is 2.97. The molecule has 0 saturated carbocycles. The van der Waals surface area contributed by atoms with Crippen molar-refractivity contribution < 1.29 is 14.4 Å². The molecule has 0 aromatic carbocycles. The average molecular weight is 238 g/mol. The number of aromatic nitrogens is 2. The predicted molar refractivity (Wildman–Crippen MR) is 58.3 cm³/mol. The van der Waals surface area contributed by atoms with Crippen LogP contribution >= 0.6 is 11.3 Å². The van der Waals surface area contributed by atoms with Crippen molar-refractivity contribution in [2.45, 2.75) is 19.8 Å². The molecule has 2 heterocycles. The first-order valence-electron chi connectivity index (χ1n) is 4.75. The van der Waals surface area contributed by atoms with Gasteiger partial charge in [-0.25, -0.2) is 0 Å². The zero-order valence-corrected chi connectivity index (χ0v) is 9.45. The fourth-order valence-corrected chi connectivity index (χ4v) is 1.99. The average Bonchev–Trinajstić information content (AvgIpc) is 2.83. The molecule has 2 aromatic rings. The van der Waals surface area contributed by atoms with E-state index in [1.807, 2.05) is 18.4 Å². The number of aryl methyl sites for hydroxylation is 2. The van der Waals surface area contributed by atoms with Crippen LogP contribution in [0.3, 0.4) is 0 Å². The van der Waals surface area contributed by atoms with Crippen molar-refractivity contribution in [1.82, 2.24) is 10.1 Å². The largest absolute Gasteiger partial charge is 0.481 e. The molecule has 2 aromatic heterocycles. The van der Waals surface area contributed by atoms with Gasteiger partial charge in [-0.3, -0.25) is 4.79 Å². The lowest BCUT2D eigenvalue weighted by Gasteiger charge is -1.89. The molecular formula is C10H10N2O3S. The summed E-state index contributed by atoms with van der Waals surface area (Å²) in [6.45, 7) is 1.98. The summed E-state index contributed by atoms with van der Waals surface area (Å²) in [7, 11) is 0. The number of rotatable bonds is 4. The number of carboxylic acid groups (broad SMARTS) is 1. The van der Waals surface area contributed by atoms with Crippen molar-refractivity contribution in [3.63, 3.8) is 0 Å². The molecule has 1 N–H and O–H groups in total. The zero-order valence-electron chi connectivity index (χ0n) is 8.64. The maximum absolute atomic E-state index is 10.4. The van der Waals surface area contributed by atoms with Crippen LogP contribution in [-0.4, -0.2) is 21.2 Å². The maximum atomic E-state index is 10.4. The summed E-state index contributed by atoms with van der Waals surface area (Å²) >= 11 is 1.61. The molecule has 5 nitrogen and oxygen atoms in total. The Hall–Kier alpha value is -1.69. The topological polar surface area (TPSA) is 76.2 Å². The van der Waals surface area contributed by atoms with Crippen molar-refractivity contribution in [2.75, 3.05) is 0 Å². The number of carboxylic acids is 1. The normalized spacial score (nSPS) is 10.6. The lowest BCUT2D eigenvalue weighted by atomic mass is 10.2. The van der Waals surface area contributed by atoms with E-state index in [1.165, 1.54) is 0 Å². The van der Waals surface area contributed by atoms with Gasteiger partial charge in [0, 0.05) is 16.9 Å². The van der Waals surface area contributed by atoms with Crippen LogP contribution in [0.1, 0.15) is 17.2 Å². The Balaban J connectivity index is 2.14. The number of carbonyl (C=O) groups is 1. The highest BCUT2D eigenvalue weighted by molar-refractivity contribution is 7.10. The van der Waals surface area contributed by atoms with Crippen molar-refractivity contribution in [3.8, 4) is 11.4 Å². The Morgan fingerprint density at radius 2 is 2.44 bits per heavy atom. The first-order chi connectivity index (χ1) is 7.66. The van der Waals surface area contributed by atoms with E-state index in [2.05, 4.69) is 10.1 Å². The minimum absolute atomic E-state index is 0.00422. The molecule has 0 amide bonds. The minimum atomic E-state index is -0.869. The van der Waals surface area contributed by atoms with Gasteiger partial charge >= 0.3 is 5.97 Å². The summed E-state index contributed by atoms with van der Waals surface area (Å²) in [5.74, 6) is 0.0219. The molecule has 0 atom stereocenters. The number of hydrogen-bond donors (Lipinski definition) is 1. The van der Waals surface area contributed by atoms with Crippen LogP contribution in [0.2, 0.25) is 0 Å². The highest BCUT2D eigenvalue weighted by Gasteiger charge is 2.12. The van der Waals surface area contributed by atoms with Crippen LogP contribution in [0.4, 0.5) is 0 Å². The van der Waals surface area contributed by atoms with Crippen molar-refractivity contribution in [3.05, 3.63) is 22.2 Å². The molecule has 0 aliphatic carbocycles. The van der Waals surface area contributed by atoms with Crippen LogP contribution in [0.25, 0.3) is 11.4 Å². The Bertz CT molecular complexity index is 504. The molecular weight excluding hydrogens is 228 g/mol. The summed E-state index contributed by atoms with van der Waals surface area (Å²) in [6.07, 6.45) is 0.274. The van der Waals surface area contributed by atoms with Gasteiger partial charge in [-0.15, -0.1) is 11.3 Å². The standard InChI is InChI=1S/C10H10N2O3S/c1-6-7(4-5-16-6)10-11-8(15-12-10)2-3-9(13)14/h4-5H,2-3H2,1H3,(H,13,14). The molecule has 0 aliphatic heterocycles. The SMILES string of the molecule is Cc1sccc1-c1noc(CCC(=O)O)n1. The van der Waals surface area contributed by atoms with Gasteiger partial charge in [0.1, 0.15) is 0 Å². The second kappa shape index (κ2) is 4.44. The first-order valence-corrected chi connectivity index (χ1v) is 5.63. The van der Waals surface area contributed by atoms with Gasteiger partial charge in [0.2, 0.25) is 11.7 Å². The molecule has 2 rings (SSSR count). The highest BCUT2D eigenvalue weighted by atomic mass is 32.1. The Kier molecular flexibility index (Phi) is 3.00. The Morgan fingerprint density at radius 1 is 1.62 bits per heavy atom. The summed E-state index contributed by atoms with van der Waals surface area (Å²) in [5.41, 5.74) is 0.940. The molecule has 16 heavy (non-hydrogen) atoms. The minimum Gasteiger partial charge on any atom is -0.481 e. The molecule has 0 fully saturated rings. The van der Waals surface area contributed by atoms with Gasteiger partial charge in [-0.1, -0.05) is 5.16 Å². The summed E-state index contributed by atoms with van der Waals surface area (Å²) in [5, 5.41) is 14.3. The van der Waals surface area contributed by atoms with E-state index in [1.54, 1.807) is 11.3 Å². The van der Waals surface area contributed by atoms with Gasteiger partial charge in [0.25, 0.3) is 0 Å². The quantitative estimate of drug-likeness (QED) is 0.882. The third kappa shape index (κ3) is 2.27. The molecule has 84 valence electrons. The fraction of sp³-hybridized carbons (Fsp3) is 0.300. The van der Waals surface area contributed by atoms with E-state index < -0.39 is 5.97 Å². The first kappa shape index (κ1) is 10.8. The number of aliphatic carboxylic acids is 1. The Labute approximate surface area is 95.7 Å². The van der Waals surface area contributed by atoms with Gasteiger partial charge in [0.05, 0.1) is 6.42 Å². The van der Waals surface area contributed by atoms with Crippen LogP contribution < -0.4 is 0 Å². The molecule has 0 bridgehead atoms. The maximum Gasteiger partial charge on any atom is 0.303 e. The summed E-state index contributed by atoms with van der Waals surface area (Å²) in [6, 6.07) is 1.92. The third-order valence-electron chi connectivity index (χ3n) is 2.12. The smallest absolute Gasteiger partial charge is 0.303 e. The number of nitrogens with zero attached hydrogens (tertiary/aromatic N) is 2. The molecule has 0 saturated heterocycles. The molecule has 0 unspecified atom stereocenters. The predicted octanol–water partition coefficient (Wildman–Crippen LogP) is 2.12. The van der Waals surface area contributed by atoms with E-state index >= 15 is 0 Å². The fourth-order valence-electron chi connectivity index (χ4n) is 1.30. The van der Waals surface area contributed by atoms with E-state index in [4.69, 9.17) is 9.63 Å². The summed E-state index contributed by atoms with van der Waals surface area (Å²) in [4.78, 5) is 15.6. The van der Waals surface area contributed by atoms with Crippen LogP contribution in [0, 0.1) is 6.92 Å². The molecule has 6 heteroatoms. The van der Waals surface area contributed by atoms with Gasteiger partial charge in [-0.2, -0.15) is 4.98 Å². The lowest BCUT2D eigenvalue weighted by Crippen LogP contribution is -1.97. The zero-order chi connectivity index (χ0) is 11.5. The second-order valence-electron chi connectivity index (χ2n) is 3.30. The second-order valence-corrected chi connectivity index (χ2v) is 4.42. The van der Waals surface area contributed by atoms with Gasteiger partial charge < -0.3 is 9.63 Å². The monoisotopic (exact) mass is 238 g/mol. The number of hydrogen-bond acceptors (Lipinski definition) is 5. The van der Waals surface area contributed by atoms with Crippen molar-refractivity contribution >= 4 is 17.3 Å². The van der Waals surface area contributed by atoms with Crippen LogP contribution in [0.5, 0.6) is 0 Å². The lowest BCUT2D eigenvalue weighted by molar-refractivity contribution is -0.137.